The lowest BCUT2D eigenvalue weighted by molar-refractivity contribution is 0.207. The standard InChI is InChI=1S/C13H19N3O/c1-9-5-10(7-14)12(15)6-13(9)17-11-3-4-16(2)8-11/h5-7,11,14H,3-4,8,15H2,1-2H3. The summed E-state index contributed by atoms with van der Waals surface area (Å²) in [6.45, 7) is 4.03. The van der Waals surface area contributed by atoms with Gasteiger partial charge in [0, 0.05) is 36.6 Å². The highest BCUT2D eigenvalue weighted by Gasteiger charge is 2.21. The van der Waals surface area contributed by atoms with Crippen LogP contribution in [0.2, 0.25) is 0 Å². The van der Waals surface area contributed by atoms with Crippen LogP contribution in [0.4, 0.5) is 5.69 Å². The van der Waals surface area contributed by atoms with Crippen molar-refractivity contribution in [3.63, 3.8) is 0 Å². The van der Waals surface area contributed by atoms with Crippen molar-refractivity contribution in [2.75, 3.05) is 25.9 Å². The third kappa shape index (κ3) is 2.58. The van der Waals surface area contributed by atoms with E-state index in [2.05, 4.69) is 11.9 Å². The van der Waals surface area contributed by atoms with Gasteiger partial charge in [-0.2, -0.15) is 0 Å². The Kier molecular flexibility index (Phi) is 3.33. The van der Waals surface area contributed by atoms with Crippen molar-refractivity contribution in [3.8, 4) is 5.75 Å². The first kappa shape index (κ1) is 11.9. The van der Waals surface area contributed by atoms with Crippen LogP contribution >= 0.6 is 0 Å². The van der Waals surface area contributed by atoms with Crippen LogP contribution in [-0.4, -0.2) is 37.4 Å². The molecule has 92 valence electrons. The first-order valence-corrected chi connectivity index (χ1v) is 5.86. The van der Waals surface area contributed by atoms with E-state index in [0.29, 0.717) is 5.69 Å². The smallest absolute Gasteiger partial charge is 0.124 e. The zero-order valence-corrected chi connectivity index (χ0v) is 10.4. The summed E-state index contributed by atoms with van der Waals surface area (Å²) < 4.78 is 5.96. The summed E-state index contributed by atoms with van der Waals surface area (Å²) in [5, 5.41) is 7.25. The van der Waals surface area contributed by atoms with Gasteiger partial charge in [-0.1, -0.05) is 0 Å². The van der Waals surface area contributed by atoms with E-state index in [-0.39, 0.29) is 6.10 Å². The van der Waals surface area contributed by atoms with E-state index in [0.717, 1.165) is 36.4 Å². The van der Waals surface area contributed by atoms with Gasteiger partial charge in [0.1, 0.15) is 11.9 Å². The molecule has 1 aromatic rings. The van der Waals surface area contributed by atoms with Crippen LogP contribution in [0.3, 0.4) is 0 Å². The van der Waals surface area contributed by atoms with Gasteiger partial charge in [0.15, 0.2) is 0 Å². The molecule has 1 fully saturated rings. The number of anilines is 1. The molecule has 0 bridgehead atoms. The van der Waals surface area contributed by atoms with Crippen molar-refractivity contribution < 1.29 is 4.74 Å². The molecule has 1 aromatic carbocycles. The number of aryl methyl sites for hydroxylation is 1. The fourth-order valence-corrected chi connectivity index (χ4v) is 2.15. The van der Waals surface area contributed by atoms with Crippen LogP contribution in [-0.2, 0) is 0 Å². The van der Waals surface area contributed by atoms with Gasteiger partial charge in [-0.15, -0.1) is 0 Å². The molecule has 2 rings (SSSR count). The number of hydrogen-bond donors (Lipinski definition) is 2. The first-order valence-electron chi connectivity index (χ1n) is 5.86. The van der Waals surface area contributed by atoms with Crippen molar-refractivity contribution in [2.45, 2.75) is 19.4 Å². The summed E-state index contributed by atoms with van der Waals surface area (Å²) in [7, 11) is 2.10. The molecule has 0 saturated carbocycles. The molecular weight excluding hydrogens is 214 g/mol. The maximum atomic E-state index is 7.25. The highest BCUT2D eigenvalue weighted by molar-refractivity contribution is 5.85. The van der Waals surface area contributed by atoms with Gasteiger partial charge in [-0.25, -0.2) is 0 Å². The van der Waals surface area contributed by atoms with E-state index >= 15 is 0 Å². The quantitative estimate of drug-likeness (QED) is 0.616. The topological polar surface area (TPSA) is 62.3 Å². The van der Waals surface area contributed by atoms with Crippen LogP contribution in [0.1, 0.15) is 17.5 Å². The molecule has 1 heterocycles. The SMILES string of the molecule is Cc1cc(C=N)c(N)cc1OC1CCN(C)C1. The van der Waals surface area contributed by atoms with Gasteiger partial charge in [-0.05, 0) is 32.0 Å². The van der Waals surface area contributed by atoms with Gasteiger partial charge in [0.05, 0.1) is 0 Å². The predicted octanol–water partition coefficient (Wildman–Crippen LogP) is 1.66. The number of ether oxygens (including phenoxy) is 1. The minimum atomic E-state index is 0.254. The molecule has 0 aromatic heterocycles. The number of likely N-dealkylation sites (tertiary alicyclic amines) is 1. The Morgan fingerprint density at radius 3 is 2.88 bits per heavy atom. The van der Waals surface area contributed by atoms with Gasteiger partial charge in [0.2, 0.25) is 0 Å². The third-order valence-electron chi connectivity index (χ3n) is 3.18. The van der Waals surface area contributed by atoms with Crippen LogP contribution in [0.25, 0.3) is 0 Å². The van der Waals surface area contributed by atoms with Gasteiger partial charge in [0.25, 0.3) is 0 Å². The second-order valence-corrected chi connectivity index (χ2v) is 4.68. The van der Waals surface area contributed by atoms with E-state index < -0.39 is 0 Å². The van der Waals surface area contributed by atoms with E-state index in [4.69, 9.17) is 15.9 Å². The summed E-state index contributed by atoms with van der Waals surface area (Å²) in [6.07, 6.45) is 2.58. The number of nitrogens with two attached hydrogens (primary N) is 1. The molecule has 17 heavy (non-hydrogen) atoms. The van der Waals surface area contributed by atoms with Gasteiger partial charge in [-0.3, -0.25) is 0 Å². The summed E-state index contributed by atoms with van der Waals surface area (Å²) in [4.78, 5) is 2.26. The second-order valence-electron chi connectivity index (χ2n) is 4.68. The number of nitrogen functional groups attached to an aromatic ring is 1. The molecule has 3 N–H and O–H groups in total. The lowest BCUT2D eigenvalue weighted by Gasteiger charge is -2.16. The zero-order chi connectivity index (χ0) is 12.4. The van der Waals surface area contributed by atoms with Crippen molar-refractivity contribution in [1.82, 2.24) is 4.90 Å². The highest BCUT2D eigenvalue weighted by atomic mass is 16.5. The number of nitrogens with zero attached hydrogens (tertiary/aromatic N) is 1. The number of benzene rings is 1. The lowest BCUT2D eigenvalue weighted by Crippen LogP contribution is -2.21. The molecule has 0 spiro atoms. The van der Waals surface area contributed by atoms with Crippen LogP contribution in [0, 0.1) is 12.3 Å². The average molecular weight is 233 g/mol. The Morgan fingerprint density at radius 2 is 2.29 bits per heavy atom. The monoisotopic (exact) mass is 233 g/mol. The summed E-state index contributed by atoms with van der Waals surface area (Å²) >= 11 is 0. The molecule has 1 aliphatic heterocycles. The van der Waals surface area contributed by atoms with Gasteiger partial charge < -0.3 is 20.8 Å². The lowest BCUT2D eigenvalue weighted by atomic mass is 10.1. The Morgan fingerprint density at radius 1 is 1.53 bits per heavy atom. The Bertz CT molecular complexity index is 431. The third-order valence-corrected chi connectivity index (χ3v) is 3.18. The number of rotatable bonds is 3. The largest absolute Gasteiger partial charge is 0.489 e. The number of nitrogens with one attached hydrogen (secondary N) is 1. The number of likely N-dealkylation sites (N-methyl/N-ethyl adjacent to an activating group) is 1. The molecule has 0 aliphatic carbocycles. The molecule has 1 aliphatic rings. The molecule has 4 heteroatoms. The first-order chi connectivity index (χ1) is 8.10. The molecule has 1 saturated heterocycles. The Labute approximate surface area is 102 Å². The highest BCUT2D eigenvalue weighted by Crippen LogP contribution is 2.26. The predicted molar refractivity (Wildman–Crippen MR) is 70.0 cm³/mol. The van der Waals surface area contributed by atoms with Crippen molar-refractivity contribution >= 4 is 11.9 Å². The van der Waals surface area contributed by atoms with Crippen LogP contribution < -0.4 is 10.5 Å². The minimum absolute atomic E-state index is 0.254. The van der Waals surface area contributed by atoms with Crippen LogP contribution in [0.15, 0.2) is 12.1 Å². The fourth-order valence-electron chi connectivity index (χ4n) is 2.15. The van der Waals surface area contributed by atoms with Gasteiger partial charge >= 0.3 is 0 Å². The van der Waals surface area contributed by atoms with E-state index in [9.17, 15) is 0 Å². The van der Waals surface area contributed by atoms with Crippen molar-refractivity contribution in [1.29, 1.82) is 5.41 Å². The Balaban J connectivity index is 2.16. The second kappa shape index (κ2) is 4.75. The van der Waals surface area contributed by atoms with Crippen molar-refractivity contribution in [3.05, 3.63) is 23.3 Å². The summed E-state index contributed by atoms with van der Waals surface area (Å²) in [5.74, 6) is 0.841. The molecule has 0 radical (unpaired) electrons. The van der Waals surface area contributed by atoms with E-state index in [1.54, 1.807) is 0 Å². The normalized spacial score (nSPS) is 20.5. The average Bonchev–Trinajstić information content (AvgIpc) is 2.69. The maximum Gasteiger partial charge on any atom is 0.124 e. The molecule has 0 amide bonds. The summed E-state index contributed by atoms with van der Waals surface area (Å²) in [5.41, 5.74) is 8.25. The number of hydrogen-bond acceptors (Lipinski definition) is 4. The molecular formula is C13H19N3O. The zero-order valence-electron chi connectivity index (χ0n) is 10.4. The Hall–Kier alpha value is -1.55. The molecule has 4 nitrogen and oxygen atoms in total. The van der Waals surface area contributed by atoms with E-state index in [1.807, 2.05) is 19.1 Å². The van der Waals surface area contributed by atoms with Crippen LogP contribution in [0.5, 0.6) is 5.75 Å². The summed E-state index contributed by atoms with van der Waals surface area (Å²) in [6, 6.07) is 3.73. The van der Waals surface area contributed by atoms with Crippen molar-refractivity contribution in [2.24, 2.45) is 0 Å². The molecule has 1 atom stereocenters. The maximum absolute atomic E-state index is 7.25. The van der Waals surface area contributed by atoms with E-state index in [1.165, 1.54) is 6.21 Å². The minimum Gasteiger partial charge on any atom is -0.489 e. The molecule has 1 unspecified atom stereocenters. The fraction of sp³-hybridized carbons (Fsp3) is 0.462.